The molecule has 144 valence electrons. The molecular formula is C20H19N3O4S. The summed E-state index contributed by atoms with van der Waals surface area (Å²) in [4.78, 5) is 27.4. The molecule has 0 saturated carbocycles. The minimum absolute atomic E-state index is 0.00877. The number of nitro groups is 1. The lowest BCUT2D eigenvalue weighted by atomic mass is 10.2. The van der Waals surface area contributed by atoms with Gasteiger partial charge in [-0.05, 0) is 48.4 Å². The number of benzene rings is 2. The van der Waals surface area contributed by atoms with Gasteiger partial charge in [0, 0.05) is 24.8 Å². The number of methoxy groups -OCH3 is 1. The van der Waals surface area contributed by atoms with E-state index in [1.165, 1.54) is 29.5 Å². The van der Waals surface area contributed by atoms with Gasteiger partial charge in [0.15, 0.2) is 4.80 Å². The monoisotopic (exact) mass is 397 g/mol. The van der Waals surface area contributed by atoms with Crippen LogP contribution in [0.2, 0.25) is 0 Å². The molecular weight excluding hydrogens is 378 g/mol. The van der Waals surface area contributed by atoms with E-state index < -0.39 is 4.92 Å². The van der Waals surface area contributed by atoms with Crippen LogP contribution in [0.3, 0.4) is 0 Å². The molecule has 1 heterocycles. The van der Waals surface area contributed by atoms with Crippen LogP contribution in [0.4, 0.5) is 5.69 Å². The second-order valence-corrected chi connectivity index (χ2v) is 7.01. The highest BCUT2D eigenvalue weighted by atomic mass is 32.1. The highest BCUT2D eigenvalue weighted by Crippen LogP contribution is 2.23. The number of carbonyl (C=O) groups is 1. The fourth-order valence-corrected chi connectivity index (χ4v) is 3.80. The Kier molecular flexibility index (Phi) is 6.00. The number of non-ortho nitro benzene ring substituents is 1. The highest BCUT2D eigenvalue weighted by molar-refractivity contribution is 7.16. The van der Waals surface area contributed by atoms with E-state index in [1.807, 2.05) is 22.8 Å². The zero-order valence-corrected chi connectivity index (χ0v) is 16.3. The van der Waals surface area contributed by atoms with Gasteiger partial charge in [0.05, 0.1) is 22.2 Å². The molecule has 8 heteroatoms. The van der Waals surface area contributed by atoms with E-state index in [0.29, 0.717) is 10.4 Å². The molecule has 0 N–H and O–H groups in total. The topological polar surface area (TPSA) is 86.7 Å². The predicted molar refractivity (Wildman–Crippen MR) is 109 cm³/mol. The molecule has 0 unspecified atom stereocenters. The molecule has 0 bridgehead atoms. The number of ether oxygens (including phenoxy) is 1. The zero-order chi connectivity index (χ0) is 20.1. The standard InChI is InChI=1S/C20H19N3O4S/c1-3-12-22-17-10-9-16(27-2)13-18(17)28-20(22)21-19(24)11-6-14-4-7-15(8-5-14)23(25)26/h4-11,13H,3,12H2,1-2H3/b11-6+,21-20?. The maximum Gasteiger partial charge on any atom is 0.272 e. The molecule has 7 nitrogen and oxygen atoms in total. The number of thiazole rings is 1. The summed E-state index contributed by atoms with van der Waals surface area (Å²) in [5.74, 6) is 0.370. The maximum absolute atomic E-state index is 12.3. The minimum Gasteiger partial charge on any atom is -0.497 e. The van der Waals surface area contributed by atoms with Crippen LogP contribution in [0.15, 0.2) is 53.5 Å². The zero-order valence-electron chi connectivity index (χ0n) is 15.5. The van der Waals surface area contributed by atoms with E-state index in [2.05, 4.69) is 11.9 Å². The third-order valence-corrected chi connectivity index (χ3v) is 5.11. The number of nitrogens with zero attached hydrogens (tertiary/aromatic N) is 3. The summed E-state index contributed by atoms with van der Waals surface area (Å²) in [5.41, 5.74) is 1.71. The number of hydrogen-bond donors (Lipinski definition) is 0. The number of nitro benzene ring substituents is 1. The second-order valence-electron chi connectivity index (χ2n) is 6.00. The Labute approximate surface area is 165 Å². The molecule has 28 heavy (non-hydrogen) atoms. The number of hydrogen-bond acceptors (Lipinski definition) is 5. The van der Waals surface area contributed by atoms with Crippen molar-refractivity contribution in [3.8, 4) is 5.75 Å². The van der Waals surface area contributed by atoms with Crippen molar-refractivity contribution >= 4 is 39.2 Å². The quantitative estimate of drug-likeness (QED) is 0.355. The Morgan fingerprint density at radius 3 is 2.68 bits per heavy atom. The lowest BCUT2D eigenvalue weighted by Gasteiger charge is -2.03. The van der Waals surface area contributed by atoms with Gasteiger partial charge >= 0.3 is 0 Å². The van der Waals surface area contributed by atoms with Crippen LogP contribution in [0, 0.1) is 10.1 Å². The molecule has 0 aliphatic heterocycles. The summed E-state index contributed by atoms with van der Waals surface area (Å²) < 4.78 is 8.29. The molecule has 3 rings (SSSR count). The summed E-state index contributed by atoms with van der Waals surface area (Å²) in [7, 11) is 1.62. The minimum atomic E-state index is -0.461. The van der Waals surface area contributed by atoms with Crippen LogP contribution in [-0.4, -0.2) is 22.5 Å². The number of aromatic nitrogens is 1. The van der Waals surface area contributed by atoms with Crippen LogP contribution in [0.25, 0.3) is 16.3 Å². The predicted octanol–water partition coefficient (Wildman–Crippen LogP) is 4.17. The van der Waals surface area contributed by atoms with Crippen LogP contribution in [0.5, 0.6) is 5.75 Å². The van der Waals surface area contributed by atoms with Crippen molar-refractivity contribution in [2.45, 2.75) is 19.9 Å². The van der Waals surface area contributed by atoms with Crippen molar-refractivity contribution in [2.24, 2.45) is 4.99 Å². The van der Waals surface area contributed by atoms with Crippen molar-refractivity contribution in [3.63, 3.8) is 0 Å². The van der Waals surface area contributed by atoms with E-state index in [1.54, 1.807) is 25.3 Å². The van der Waals surface area contributed by atoms with Gasteiger partial charge in [0.1, 0.15) is 5.75 Å². The van der Waals surface area contributed by atoms with Crippen LogP contribution < -0.4 is 9.54 Å². The Morgan fingerprint density at radius 2 is 2.04 bits per heavy atom. The average molecular weight is 397 g/mol. The first-order valence-corrected chi connectivity index (χ1v) is 9.52. The first-order chi connectivity index (χ1) is 13.5. The molecule has 1 amide bonds. The van der Waals surface area contributed by atoms with Gasteiger partial charge in [-0.15, -0.1) is 0 Å². The largest absolute Gasteiger partial charge is 0.497 e. The van der Waals surface area contributed by atoms with E-state index in [-0.39, 0.29) is 11.6 Å². The molecule has 3 aromatic rings. The normalized spacial score (nSPS) is 12.0. The van der Waals surface area contributed by atoms with Gasteiger partial charge in [0.25, 0.3) is 11.6 Å². The molecule has 1 aromatic heterocycles. The third-order valence-electron chi connectivity index (χ3n) is 4.07. The molecule has 0 aliphatic carbocycles. The summed E-state index contributed by atoms with van der Waals surface area (Å²) in [6.07, 6.45) is 3.87. The third kappa shape index (κ3) is 4.34. The molecule has 0 atom stereocenters. The van der Waals surface area contributed by atoms with Crippen molar-refractivity contribution in [1.82, 2.24) is 4.57 Å². The van der Waals surface area contributed by atoms with Crippen molar-refractivity contribution in [1.29, 1.82) is 0 Å². The van der Waals surface area contributed by atoms with Gasteiger partial charge in [-0.2, -0.15) is 4.99 Å². The molecule has 0 fully saturated rings. The summed E-state index contributed by atoms with van der Waals surface area (Å²) in [5, 5.41) is 10.7. The van der Waals surface area contributed by atoms with Gasteiger partial charge in [-0.25, -0.2) is 0 Å². The first-order valence-electron chi connectivity index (χ1n) is 8.70. The summed E-state index contributed by atoms with van der Waals surface area (Å²) in [6, 6.07) is 11.8. The maximum atomic E-state index is 12.3. The van der Waals surface area contributed by atoms with Crippen LogP contribution in [0.1, 0.15) is 18.9 Å². The van der Waals surface area contributed by atoms with Gasteiger partial charge in [-0.1, -0.05) is 18.3 Å². The number of rotatable bonds is 6. The fourth-order valence-electron chi connectivity index (χ4n) is 2.71. The van der Waals surface area contributed by atoms with Crippen LogP contribution >= 0.6 is 11.3 Å². The molecule has 2 aromatic carbocycles. The first kappa shape index (κ1) is 19.5. The lowest BCUT2D eigenvalue weighted by Crippen LogP contribution is -2.16. The molecule has 0 aliphatic rings. The van der Waals surface area contributed by atoms with Crippen molar-refractivity contribution in [2.75, 3.05) is 7.11 Å². The number of fused-ring (bicyclic) bond motifs is 1. The van der Waals surface area contributed by atoms with Crippen molar-refractivity contribution < 1.29 is 14.5 Å². The summed E-state index contributed by atoms with van der Waals surface area (Å²) in [6.45, 7) is 2.82. The number of aryl methyl sites for hydroxylation is 1. The Balaban J connectivity index is 1.90. The van der Waals surface area contributed by atoms with E-state index in [0.717, 1.165) is 28.9 Å². The molecule has 0 saturated heterocycles. The second kappa shape index (κ2) is 8.62. The smallest absolute Gasteiger partial charge is 0.272 e. The fraction of sp³-hybridized carbons (Fsp3) is 0.200. The SMILES string of the molecule is CCCn1c(=NC(=O)/C=C/c2ccc([N+](=O)[O-])cc2)sc2cc(OC)ccc21. The van der Waals surface area contributed by atoms with Gasteiger partial charge < -0.3 is 9.30 Å². The Hall–Kier alpha value is -3.26. The Bertz CT molecular complexity index is 1110. The van der Waals surface area contributed by atoms with E-state index in [9.17, 15) is 14.9 Å². The van der Waals surface area contributed by atoms with Crippen LogP contribution in [-0.2, 0) is 11.3 Å². The van der Waals surface area contributed by atoms with Gasteiger partial charge in [-0.3, -0.25) is 14.9 Å². The highest BCUT2D eigenvalue weighted by Gasteiger charge is 2.08. The molecule has 0 radical (unpaired) electrons. The number of carbonyl (C=O) groups excluding carboxylic acids is 1. The average Bonchev–Trinajstić information content (AvgIpc) is 3.03. The van der Waals surface area contributed by atoms with E-state index in [4.69, 9.17) is 4.74 Å². The number of amides is 1. The van der Waals surface area contributed by atoms with Gasteiger partial charge in [0.2, 0.25) is 0 Å². The Morgan fingerprint density at radius 1 is 1.29 bits per heavy atom. The van der Waals surface area contributed by atoms with Crippen molar-refractivity contribution in [3.05, 3.63) is 69.0 Å². The lowest BCUT2D eigenvalue weighted by molar-refractivity contribution is -0.384. The summed E-state index contributed by atoms with van der Waals surface area (Å²) >= 11 is 1.44. The molecule has 0 spiro atoms. The van der Waals surface area contributed by atoms with E-state index >= 15 is 0 Å².